The summed E-state index contributed by atoms with van der Waals surface area (Å²) in [6, 6.07) is 2.29. The average molecular weight is 351 g/mol. The third-order valence-corrected chi connectivity index (χ3v) is 3.42. The Kier molecular flexibility index (Phi) is 4.54. The van der Waals surface area contributed by atoms with E-state index < -0.39 is 17.5 Å². The van der Waals surface area contributed by atoms with Crippen LogP contribution < -0.4 is 4.90 Å². The molecule has 0 saturated carbocycles. The van der Waals surface area contributed by atoms with Crippen molar-refractivity contribution in [3.05, 3.63) is 28.0 Å². The molecule has 4 nitrogen and oxygen atoms in total. The van der Waals surface area contributed by atoms with Crippen molar-refractivity contribution >= 4 is 44.9 Å². The molecule has 0 N–H and O–H groups in total. The number of amides is 1. The minimum atomic E-state index is -0.701. The second-order valence-electron chi connectivity index (χ2n) is 3.87. The summed E-state index contributed by atoms with van der Waals surface area (Å²) in [4.78, 5) is 24.9. The van der Waals surface area contributed by atoms with E-state index in [-0.39, 0.29) is 18.7 Å². The van der Waals surface area contributed by atoms with Gasteiger partial charge in [-0.3, -0.25) is 9.59 Å². The number of hydrogen-bond donors (Lipinski definition) is 0. The summed E-state index contributed by atoms with van der Waals surface area (Å²) < 4.78 is 18.8. The molecule has 19 heavy (non-hydrogen) atoms. The Hall–Kier alpha value is -0.980. The number of carbonyl (C=O) groups is 2. The SMILES string of the molecule is O=C1C(=O)N(CCOCCCl)c2c(Br)cc(F)cc21. The van der Waals surface area contributed by atoms with Gasteiger partial charge in [0.15, 0.2) is 0 Å². The fraction of sp³-hybridized carbons (Fsp3) is 0.333. The summed E-state index contributed by atoms with van der Waals surface area (Å²) in [6.07, 6.45) is 0. The maximum Gasteiger partial charge on any atom is 0.299 e. The highest BCUT2D eigenvalue weighted by atomic mass is 79.9. The van der Waals surface area contributed by atoms with Crippen LogP contribution in [0.25, 0.3) is 0 Å². The number of Topliss-reactive ketones (excluding diaryl/α,β-unsaturated/α-hetero) is 1. The van der Waals surface area contributed by atoms with Gasteiger partial charge in [0, 0.05) is 16.9 Å². The van der Waals surface area contributed by atoms with Crippen LogP contribution in [0.2, 0.25) is 0 Å². The molecule has 0 fully saturated rings. The number of rotatable bonds is 5. The number of carbonyl (C=O) groups excluding carboxylic acids is 2. The van der Waals surface area contributed by atoms with Crippen molar-refractivity contribution < 1.29 is 18.7 Å². The third-order valence-electron chi connectivity index (χ3n) is 2.66. The standard InChI is InChI=1S/C12H10BrClFNO3/c13-9-6-7(15)5-8-10(9)16(12(18)11(8)17)2-4-19-3-1-14/h5-6H,1-4H2. The zero-order chi connectivity index (χ0) is 14.0. The number of halogens is 3. The molecule has 1 aromatic rings. The lowest BCUT2D eigenvalue weighted by atomic mass is 10.1. The monoisotopic (exact) mass is 349 g/mol. The van der Waals surface area contributed by atoms with Crippen LogP contribution in [0.4, 0.5) is 10.1 Å². The van der Waals surface area contributed by atoms with Gasteiger partial charge in [-0.2, -0.15) is 0 Å². The van der Waals surface area contributed by atoms with Crippen molar-refractivity contribution in [1.29, 1.82) is 0 Å². The highest BCUT2D eigenvalue weighted by molar-refractivity contribution is 9.10. The topological polar surface area (TPSA) is 46.6 Å². The van der Waals surface area contributed by atoms with E-state index >= 15 is 0 Å². The van der Waals surface area contributed by atoms with Crippen molar-refractivity contribution in [2.45, 2.75) is 0 Å². The van der Waals surface area contributed by atoms with Crippen LogP contribution in [0, 0.1) is 5.82 Å². The summed E-state index contributed by atoms with van der Waals surface area (Å²) >= 11 is 8.63. The molecule has 2 rings (SSSR count). The maximum atomic E-state index is 13.3. The first kappa shape index (κ1) is 14.4. The Labute approximate surface area is 122 Å². The van der Waals surface area contributed by atoms with Gasteiger partial charge in [0.05, 0.1) is 24.5 Å². The minimum absolute atomic E-state index is 0.0780. The van der Waals surface area contributed by atoms with E-state index in [9.17, 15) is 14.0 Å². The summed E-state index contributed by atoms with van der Waals surface area (Å²) in [5.41, 5.74) is 0.472. The minimum Gasteiger partial charge on any atom is -0.378 e. The van der Waals surface area contributed by atoms with Crippen LogP contribution in [0.1, 0.15) is 10.4 Å². The largest absolute Gasteiger partial charge is 0.378 e. The first-order chi connectivity index (χ1) is 9.06. The molecule has 0 unspecified atom stereocenters. The highest BCUT2D eigenvalue weighted by Gasteiger charge is 2.37. The fourth-order valence-corrected chi connectivity index (χ4v) is 2.63. The van der Waals surface area contributed by atoms with Gasteiger partial charge < -0.3 is 9.64 Å². The average Bonchev–Trinajstić information content (AvgIpc) is 2.60. The molecule has 1 aromatic carbocycles. The van der Waals surface area contributed by atoms with E-state index in [1.165, 1.54) is 11.0 Å². The summed E-state index contributed by atoms with van der Waals surface area (Å²) in [7, 11) is 0. The highest BCUT2D eigenvalue weighted by Crippen LogP contribution is 2.36. The van der Waals surface area contributed by atoms with E-state index in [0.29, 0.717) is 22.6 Å². The predicted molar refractivity (Wildman–Crippen MR) is 72.3 cm³/mol. The van der Waals surface area contributed by atoms with Gasteiger partial charge >= 0.3 is 0 Å². The molecule has 0 bridgehead atoms. The molecule has 0 spiro atoms. The van der Waals surface area contributed by atoms with Gasteiger partial charge in [0.1, 0.15) is 5.82 Å². The van der Waals surface area contributed by atoms with Crippen LogP contribution in [0.3, 0.4) is 0 Å². The van der Waals surface area contributed by atoms with Crippen LogP contribution in [-0.2, 0) is 9.53 Å². The van der Waals surface area contributed by atoms with Crippen LogP contribution >= 0.6 is 27.5 Å². The normalized spacial score (nSPS) is 14.2. The van der Waals surface area contributed by atoms with Crippen LogP contribution in [0.15, 0.2) is 16.6 Å². The molecule has 1 aliphatic rings. The number of ether oxygens (including phenoxy) is 1. The lowest BCUT2D eigenvalue weighted by Crippen LogP contribution is -2.33. The molecule has 0 aliphatic carbocycles. The summed E-state index contributed by atoms with van der Waals surface area (Å²) in [5.74, 6) is -1.58. The molecule has 0 aromatic heterocycles. The lowest BCUT2D eigenvalue weighted by molar-refractivity contribution is -0.114. The Balaban J connectivity index is 2.23. The van der Waals surface area contributed by atoms with E-state index in [0.717, 1.165) is 6.07 Å². The summed E-state index contributed by atoms with van der Waals surface area (Å²) in [5, 5.41) is 0. The quantitative estimate of drug-likeness (QED) is 0.465. The van der Waals surface area contributed by atoms with E-state index in [2.05, 4.69) is 15.9 Å². The molecular formula is C12H10BrClFNO3. The second-order valence-corrected chi connectivity index (χ2v) is 5.10. The molecule has 7 heteroatoms. The molecular weight excluding hydrogens is 340 g/mol. The maximum absolute atomic E-state index is 13.3. The van der Waals surface area contributed by atoms with Crippen LogP contribution in [-0.4, -0.2) is 37.3 Å². The van der Waals surface area contributed by atoms with Crippen molar-refractivity contribution in [3.8, 4) is 0 Å². The molecule has 1 heterocycles. The van der Waals surface area contributed by atoms with E-state index in [4.69, 9.17) is 16.3 Å². The predicted octanol–water partition coefficient (Wildman–Crippen LogP) is 2.37. The number of benzene rings is 1. The summed E-state index contributed by atoms with van der Waals surface area (Å²) in [6.45, 7) is 0.850. The number of anilines is 1. The number of nitrogens with zero attached hydrogens (tertiary/aromatic N) is 1. The zero-order valence-corrected chi connectivity index (χ0v) is 12.1. The van der Waals surface area contributed by atoms with Gasteiger partial charge in [-0.25, -0.2) is 4.39 Å². The Bertz CT molecular complexity index is 538. The number of alkyl halides is 1. The molecule has 1 aliphatic heterocycles. The van der Waals surface area contributed by atoms with Gasteiger partial charge in [-0.05, 0) is 28.1 Å². The van der Waals surface area contributed by atoms with Crippen molar-refractivity contribution in [2.75, 3.05) is 30.5 Å². The van der Waals surface area contributed by atoms with Gasteiger partial charge in [0.2, 0.25) is 0 Å². The van der Waals surface area contributed by atoms with Crippen LogP contribution in [0.5, 0.6) is 0 Å². The molecule has 102 valence electrons. The van der Waals surface area contributed by atoms with Crippen molar-refractivity contribution in [3.63, 3.8) is 0 Å². The van der Waals surface area contributed by atoms with Crippen molar-refractivity contribution in [2.24, 2.45) is 0 Å². The third kappa shape index (κ3) is 2.80. The smallest absolute Gasteiger partial charge is 0.299 e. The number of hydrogen-bond acceptors (Lipinski definition) is 3. The Morgan fingerprint density at radius 1 is 1.32 bits per heavy atom. The van der Waals surface area contributed by atoms with Gasteiger partial charge in [-0.15, -0.1) is 11.6 Å². The van der Waals surface area contributed by atoms with Gasteiger partial charge in [0.25, 0.3) is 11.7 Å². The molecule has 0 radical (unpaired) electrons. The zero-order valence-electron chi connectivity index (χ0n) is 9.79. The molecule has 0 saturated heterocycles. The first-order valence-electron chi connectivity index (χ1n) is 5.55. The number of fused-ring (bicyclic) bond motifs is 1. The van der Waals surface area contributed by atoms with E-state index in [1.54, 1.807) is 0 Å². The van der Waals surface area contributed by atoms with Gasteiger partial charge in [-0.1, -0.05) is 0 Å². The Morgan fingerprint density at radius 2 is 2.05 bits per heavy atom. The number of ketones is 1. The van der Waals surface area contributed by atoms with Crippen molar-refractivity contribution in [1.82, 2.24) is 0 Å². The molecule has 0 atom stereocenters. The first-order valence-corrected chi connectivity index (χ1v) is 6.88. The fourth-order valence-electron chi connectivity index (χ4n) is 1.88. The Morgan fingerprint density at radius 3 is 2.74 bits per heavy atom. The second kappa shape index (κ2) is 5.98. The van der Waals surface area contributed by atoms with E-state index in [1.807, 2.05) is 0 Å². The lowest BCUT2D eigenvalue weighted by Gasteiger charge is -2.17. The molecule has 1 amide bonds.